The van der Waals surface area contributed by atoms with Crippen LogP contribution in [0, 0.1) is 11.9 Å². The van der Waals surface area contributed by atoms with Gasteiger partial charge in [-0.2, -0.15) is 13.8 Å². The molecule has 2 rings (SSSR count). The molecule has 98 valence electrons. The number of pyridine rings is 1. The fourth-order valence-corrected chi connectivity index (χ4v) is 2.15. The van der Waals surface area contributed by atoms with Gasteiger partial charge in [-0.15, -0.1) is 0 Å². The van der Waals surface area contributed by atoms with Gasteiger partial charge in [0.1, 0.15) is 0 Å². The third-order valence-corrected chi connectivity index (χ3v) is 3.42. The standard InChI is InChI=1S/C12H6Br2F2N2O/c13-6-1-2-8(14)7(5-6)12(19)17-9-3-4-10(15)18-11(9)16/h1-5H,(H,17,19). The van der Waals surface area contributed by atoms with Gasteiger partial charge in [0.2, 0.25) is 11.9 Å². The molecule has 0 aliphatic rings. The average molecular weight is 392 g/mol. The number of aromatic nitrogens is 1. The van der Waals surface area contributed by atoms with Crippen LogP contribution in [0.4, 0.5) is 14.5 Å². The monoisotopic (exact) mass is 390 g/mol. The van der Waals surface area contributed by atoms with Crippen LogP contribution in [0.5, 0.6) is 0 Å². The van der Waals surface area contributed by atoms with Crippen molar-refractivity contribution >= 4 is 43.5 Å². The summed E-state index contributed by atoms with van der Waals surface area (Å²) in [6.07, 6.45) is 0. The van der Waals surface area contributed by atoms with Gasteiger partial charge >= 0.3 is 0 Å². The molecule has 0 aliphatic heterocycles. The third-order valence-electron chi connectivity index (χ3n) is 2.24. The zero-order chi connectivity index (χ0) is 14.0. The number of hydrogen-bond acceptors (Lipinski definition) is 2. The number of hydrogen-bond donors (Lipinski definition) is 1. The molecule has 3 nitrogen and oxygen atoms in total. The zero-order valence-electron chi connectivity index (χ0n) is 9.25. The third kappa shape index (κ3) is 3.36. The van der Waals surface area contributed by atoms with Gasteiger partial charge in [-0.05, 0) is 46.3 Å². The Bertz CT molecular complexity index is 650. The van der Waals surface area contributed by atoms with Crippen molar-refractivity contribution in [3.63, 3.8) is 0 Å². The minimum atomic E-state index is -1.07. The number of carbonyl (C=O) groups is 1. The lowest BCUT2D eigenvalue weighted by molar-refractivity contribution is 0.102. The average Bonchev–Trinajstić information content (AvgIpc) is 2.35. The van der Waals surface area contributed by atoms with Crippen LogP contribution in [0.2, 0.25) is 0 Å². The molecule has 1 amide bonds. The minimum absolute atomic E-state index is 0.182. The number of nitrogens with zero attached hydrogens (tertiary/aromatic N) is 1. The largest absolute Gasteiger partial charge is 0.318 e. The van der Waals surface area contributed by atoms with Crippen LogP contribution in [-0.4, -0.2) is 10.9 Å². The fraction of sp³-hybridized carbons (Fsp3) is 0. The highest BCUT2D eigenvalue weighted by Crippen LogP contribution is 2.23. The topological polar surface area (TPSA) is 42.0 Å². The molecule has 0 saturated heterocycles. The van der Waals surface area contributed by atoms with Crippen LogP contribution in [0.1, 0.15) is 10.4 Å². The molecule has 1 N–H and O–H groups in total. The maximum absolute atomic E-state index is 13.3. The number of anilines is 1. The Hall–Kier alpha value is -1.34. The van der Waals surface area contributed by atoms with Crippen LogP contribution in [0.3, 0.4) is 0 Å². The second-order valence-electron chi connectivity index (χ2n) is 3.55. The van der Waals surface area contributed by atoms with Crippen molar-refractivity contribution < 1.29 is 13.6 Å². The van der Waals surface area contributed by atoms with E-state index in [9.17, 15) is 13.6 Å². The van der Waals surface area contributed by atoms with E-state index in [4.69, 9.17) is 0 Å². The molecule has 0 unspecified atom stereocenters. The number of rotatable bonds is 2. The Kier molecular flexibility index (Phi) is 4.26. The van der Waals surface area contributed by atoms with E-state index in [0.29, 0.717) is 14.5 Å². The van der Waals surface area contributed by atoms with E-state index >= 15 is 0 Å². The Morgan fingerprint density at radius 2 is 1.89 bits per heavy atom. The lowest BCUT2D eigenvalue weighted by Gasteiger charge is -2.07. The number of amides is 1. The number of halogens is 4. The van der Waals surface area contributed by atoms with Crippen molar-refractivity contribution in [2.75, 3.05) is 5.32 Å². The SMILES string of the molecule is O=C(Nc1ccc(F)nc1F)c1cc(Br)ccc1Br. The van der Waals surface area contributed by atoms with Crippen LogP contribution in [0.25, 0.3) is 0 Å². The Morgan fingerprint density at radius 3 is 2.58 bits per heavy atom. The molecule has 0 aliphatic carbocycles. The summed E-state index contributed by atoms with van der Waals surface area (Å²) in [6.45, 7) is 0. The molecule has 2 aromatic rings. The van der Waals surface area contributed by atoms with E-state index in [1.54, 1.807) is 18.2 Å². The van der Waals surface area contributed by atoms with E-state index in [2.05, 4.69) is 42.2 Å². The molecule has 7 heteroatoms. The highest BCUT2D eigenvalue weighted by molar-refractivity contribution is 9.11. The number of nitrogens with one attached hydrogen (secondary N) is 1. The minimum Gasteiger partial charge on any atom is -0.318 e. The highest BCUT2D eigenvalue weighted by Gasteiger charge is 2.14. The lowest BCUT2D eigenvalue weighted by Crippen LogP contribution is -2.14. The normalized spacial score (nSPS) is 10.3. The molecule has 0 saturated carbocycles. The summed E-state index contributed by atoms with van der Waals surface area (Å²) in [6, 6.07) is 7.09. The maximum atomic E-state index is 13.3. The molecule has 0 spiro atoms. The smallest absolute Gasteiger partial charge is 0.256 e. The Morgan fingerprint density at radius 1 is 1.16 bits per heavy atom. The fourth-order valence-electron chi connectivity index (χ4n) is 1.37. The molecular weight excluding hydrogens is 386 g/mol. The summed E-state index contributed by atoms with van der Waals surface area (Å²) >= 11 is 6.46. The Balaban J connectivity index is 2.28. The zero-order valence-corrected chi connectivity index (χ0v) is 12.4. The van der Waals surface area contributed by atoms with Gasteiger partial charge in [-0.3, -0.25) is 4.79 Å². The summed E-state index contributed by atoms with van der Waals surface area (Å²) in [5.41, 5.74) is 0.136. The predicted octanol–water partition coefficient (Wildman–Crippen LogP) is 4.14. The molecule has 0 bridgehead atoms. The van der Waals surface area contributed by atoms with Crippen molar-refractivity contribution in [3.05, 3.63) is 56.7 Å². The first kappa shape index (κ1) is 14.1. The Labute approximate surface area is 124 Å². The molecule has 0 radical (unpaired) electrons. The molecule has 0 atom stereocenters. The maximum Gasteiger partial charge on any atom is 0.256 e. The van der Waals surface area contributed by atoms with Gasteiger partial charge < -0.3 is 5.32 Å². The van der Waals surface area contributed by atoms with E-state index in [0.717, 1.165) is 12.1 Å². The highest BCUT2D eigenvalue weighted by atomic mass is 79.9. The first-order valence-corrected chi connectivity index (χ1v) is 6.64. The van der Waals surface area contributed by atoms with E-state index in [1.807, 2.05) is 0 Å². The number of carbonyl (C=O) groups excluding carboxylic acids is 1. The molecule has 1 heterocycles. The van der Waals surface area contributed by atoms with Crippen molar-refractivity contribution in [1.29, 1.82) is 0 Å². The van der Waals surface area contributed by atoms with Crippen LogP contribution in [-0.2, 0) is 0 Å². The van der Waals surface area contributed by atoms with Crippen molar-refractivity contribution in [2.45, 2.75) is 0 Å². The first-order valence-electron chi connectivity index (χ1n) is 5.06. The van der Waals surface area contributed by atoms with Gasteiger partial charge in [-0.1, -0.05) is 15.9 Å². The van der Waals surface area contributed by atoms with Crippen LogP contribution in [0.15, 0.2) is 39.3 Å². The van der Waals surface area contributed by atoms with E-state index in [-0.39, 0.29) is 5.69 Å². The lowest BCUT2D eigenvalue weighted by atomic mass is 10.2. The summed E-state index contributed by atoms with van der Waals surface area (Å²) in [7, 11) is 0. The van der Waals surface area contributed by atoms with Gasteiger partial charge in [0.25, 0.3) is 5.91 Å². The molecule has 19 heavy (non-hydrogen) atoms. The second-order valence-corrected chi connectivity index (χ2v) is 5.32. The van der Waals surface area contributed by atoms with Gasteiger partial charge in [-0.25, -0.2) is 0 Å². The van der Waals surface area contributed by atoms with Gasteiger partial charge in [0.05, 0.1) is 11.3 Å². The van der Waals surface area contributed by atoms with Crippen molar-refractivity contribution in [3.8, 4) is 0 Å². The first-order chi connectivity index (χ1) is 8.97. The summed E-state index contributed by atoms with van der Waals surface area (Å²) in [5, 5.41) is 2.33. The van der Waals surface area contributed by atoms with Gasteiger partial charge in [0, 0.05) is 8.95 Å². The molecular formula is C12H6Br2F2N2O. The summed E-state index contributed by atoms with van der Waals surface area (Å²) in [4.78, 5) is 15.0. The predicted molar refractivity (Wildman–Crippen MR) is 73.9 cm³/mol. The van der Waals surface area contributed by atoms with Gasteiger partial charge in [0.15, 0.2) is 0 Å². The van der Waals surface area contributed by atoms with Crippen molar-refractivity contribution in [2.24, 2.45) is 0 Å². The number of benzene rings is 1. The van der Waals surface area contributed by atoms with E-state index < -0.39 is 17.8 Å². The quantitative estimate of drug-likeness (QED) is 0.782. The molecule has 0 fully saturated rings. The van der Waals surface area contributed by atoms with Crippen LogP contribution < -0.4 is 5.32 Å². The van der Waals surface area contributed by atoms with E-state index in [1.165, 1.54) is 0 Å². The summed E-state index contributed by atoms with van der Waals surface area (Å²) < 4.78 is 27.2. The molecule has 1 aromatic carbocycles. The van der Waals surface area contributed by atoms with Crippen molar-refractivity contribution in [1.82, 2.24) is 4.98 Å². The van der Waals surface area contributed by atoms with Crippen LogP contribution >= 0.6 is 31.9 Å². The summed E-state index contributed by atoms with van der Waals surface area (Å²) in [5.74, 6) is -2.54. The second kappa shape index (κ2) is 5.75. The molecule has 1 aromatic heterocycles.